The largest absolute Gasteiger partial charge is 0.372 e. The SMILES string of the molecule is O=[N+]([O-])c1cc2c(cc1Br)COC2. The van der Waals surface area contributed by atoms with Crippen LogP contribution in [0.15, 0.2) is 16.6 Å². The molecule has 0 N–H and O–H groups in total. The van der Waals surface area contributed by atoms with Crippen LogP contribution in [0.4, 0.5) is 5.69 Å². The number of hydrogen-bond acceptors (Lipinski definition) is 3. The zero-order chi connectivity index (χ0) is 9.42. The van der Waals surface area contributed by atoms with E-state index in [4.69, 9.17) is 4.74 Å². The Hall–Kier alpha value is -0.940. The van der Waals surface area contributed by atoms with Gasteiger partial charge < -0.3 is 4.74 Å². The highest BCUT2D eigenvalue weighted by Crippen LogP contribution is 2.31. The lowest BCUT2D eigenvalue weighted by Crippen LogP contribution is -1.92. The molecule has 1 aliphatic rings. The van der Waals surface area contributed by atoms with Crippen molar-refractivity contribution in [1.29, 1.82) is 0 Å². The van der Waals surface area contributed by atoms with Crippen LogP contribution < -0.4 is 0 Å². The van der Waals surface area contributed by atoms with Gasteiger partial charge in [-0.05, 0) is 33.1 Å². The lowest BCUT2D eigenvalue weighted by atomic mass is 10.1. The molecule has 5 heteroatoms. The Labute approximate surface area is 82.8 Å². The molecule has 13 heavy (non-hydrogen) atoms. The summed E-state index contributed by atoms with van der Waals surface area (Å²) in [7, 11) is 0. The maximum absolute atomic E-state index is 10.6. The highest BCUT2D eigenvalue weighted by Gasteiger charge is 2.19. The van der Waals surface area contributed by atoms with E-state index in [-0.39, 0.29) is 5.69 Å². The van der Waals surface area contributed by atoms with Crippen molar-refractivity contribution in [2.45, 2.75) is 13.2 Å². The monoisotopic (exact) mass is 243 g/mol. The van der Waals surface area contributed by atoms with Gasteiger partial charge in [-0.15, -0.1) is 0 Å². The standard InChI is InChI=1S/C8H6BrNO3/c9-7-1-5-3-13-4-6(5)2-8(7)10(11)12/h1-2H,3-4H2. The van der Waals surface area contributed by atoms with Crippen LogP contribution in [0.2, 0.25) is 0 Å². The molecular formula is C8H6BrNO3. The second-order valence-corrected chi connectivity index (χ2v) is 3.68. The highest BCUT2D eigenvalue weighted by molar-refractivity contribution is 9.10. The van der Waals surface area contributed by atoms with E-state index >= 15 is 0 Å². The summed E-state index contributed by atoms with van der Waals surface area (Å²) < 4.78 is 5.68. The van der Waals surface area contributed by atoms with Crippen molar-refractivity contribution < 1.29 is 9.66 Å². The second-order valence-electron chi connectivity index (χ2n) is 2.82. The molecular weight excluding hydrogens is 238 g/mol. The summed E-state index contributed by atoms with van der Waals surface area (Å²) in [4.78, 5) is 10.2. The molecule has 0 aliphatic carbocycles. The third-order valence-electron chi connectivity index (χ3n) is 1.98. The molecule has 0 saturated heterocycles. The van der Waals surface area contributed by atoms with Crippen LogP contribution in [0.1, 0.15) is 11.1 Å². The molecule has 1 aromatic rings. The summed E-state index contributed by atoms with van der Waals surface area (Å²) >= 11 is 3.15. The molecule has 2 rings (SSSR count). The Morgan fingerprint density at radius 3 is 2.62 bits per heavy atom. The summed E-state index contributed by atoms with van der Waals surface area (Å²) in [5.41, 5.74) is 2.04. The van der Waals surface area contributed by atoms with Crippen LogP contribution in [0.25, 0.3) is 0 Å². The maximum atomic E-state index is 10.6. The summed E-state index contributed by atoms with van der Waals surface area (Å²) in [6.45, 7) is 1.02. The second kappa shape index (κ2) is 3.08. The molecule has 0 spiro atoms. The van der Waals surface area contributed by atoms with Crippen LogP contribution in [0.5, 0.6) is 0 Å². The van der Waals surface area contributed by atoms with Crippen molar-refractivity contribution in [1.82, 2.24) is 0 Å². The minimum Gasteiger partial charge on any atom is -0.372 e. The first-order valence-electron chi connectivity index (χ1n) is 3.72. The van der Waals surface area contributed by atoms with Gasteiger partial charge in [0.1, 0.15) is 0 Å². The van der Waals surface area contributed by atoms with Gasteiger partial charge in [0.05, 0.1) is 22.6 Å². The molecule has 0 bridgehead atoms. The lowest BCUT2D eigenvalue weighted by molar-refractivity contribution is -0.385. The number of halogens is 1. The first-order chi connectivity index (χ1) is 6.18. The number of hydrogen-bond donors (Lipinski definition) is 0. The molecule has 1 aromatic carbocycles. The molecule has 4 nitrogen and oxygen atoms in total. The first kappa shape index (κ1) is 8.65. The number of ether oxygens (including phenoxy) is 1. The number of nitro groups is 1. The van der Waals surface area contributed by atoms with Gasteiger partial charge in [0.15, 0.2) is 0 Å². The molecule has 0 aromatic heterocycles. The fourth-order valence-corrected chi connectivity index (χ4v) is 1.86. The van der Waals surface area contributed by atoms with Crippen molar-refractivity contribution in [3.8, 4) is 0 Å². The van der Waals surface area contributed by atoms with Gasteiger partial charge >= 0.3 is 0 Å². The summed E-state index contributed by atoms with van der Waals surface area (Å²) in [6.07, 6.45) is 0. The van der Waals surface area contributed by atoms with Crippen LogP contribution in [-0.2, 0) is 18.0 Å². The Morgan fingerprint density at radius 2 is 2.00 bits per heavy atom. The van der Waals surface area contributed by atoms with Crippen LogP contribution >= 0.6 is 15.9 Å². The van der Waals surface area contributed by atoms with E-state index in [9.17, 15) is 10.1 Å². The summed E-state index contributed by atoms with van der Waals surface area (Å²) in [5.74, 6) is 0. The van der Waals surface area contributed by atoms with Crippen LogP contribution in [-0.4, -0.2) is 4.92 Å². The van der Waals surface area contributed by atoms with Gasteiger partial charge in [-0.1, -0.05) is 0 Å². The minimum atomic E-state index is -0.400. The smallest absolute Gasteiger partial charge is 0.283 e. The van der Waals surface area contributed by atoms with Gasteiger partial charge in [-0.2, -0.15) is 0 Å². The molecule has 0 radical (unpaired) electrons. The number of fused-ring (bicyclic) bond motifs is 1. The third kappa shape index (κ3) is 1.45. The number of rotatable bonds is 1. The molecule has 0 atom stereocenters. The topological polar surface area (TPSA) is 52.4 Å². The molecule has 0 unspecified atom stereocenters. The van der Waals surface area contributed by atoms with E-state index in [1.54, 1.807) is 12.1 Å². The third-order valence-corrected chi connectivity index (χ3v) is 2.62. The summed E-state index contributed by atoms with van der Waals surface area (Å²) in [6, 6.07) is 3.31. The normalized spacial score (nSPS) is 14.2. The highest BCUT2D eigenvalue weighted by atomic mass is 79.9. The zero-order valence-electron chi connectivity index (χ0n) is 6.62. The Kier molecular flexibility index (Phi) is 2.05. The number of benzene rings is 1. The van der Waals surface area contributed by atoms with Gasteiger partial charge in [0.2, 0.25) is 0 Å². The Balaban J connectivity index is 2.55. The fraction of sp³-hybridized carbons (Fsp3) is 0.250. The fourth-order valence-electron chi connectivity index (χ4n) is 1.33. The van der Waals surface area contributed by atoms with E-state index in [0.717, 1.165) is 11.1 Å². The van der Waals surface area contributed by atoms with Crippen molar-refractivity contribution in [3.63, 3.8) is 0 Å². The quantitative estimate of drug-likeness (QED) is 0.562. The molecule has 0 fully saturated rings. The molecule has 1 aliphatic heterocycles. The molecule has 1 heterocycles. The molecule has 68 valence electrons. The minimum absolute atomic E-state index is 0.101. The average Bonchev–Trinajstić information content (AvgIpc) is 2.48. The van der Waals surface area contributed by atoms with Crippen molar-refractivity contribution in [2.24, 2.45) is 0 Å². The van der Waals surface area contributed by atoms with E-state index in [1.165, 1.54) is 0 Å². The van der Waals surface area contributed by atoms with Gasteiger partial charge in [0.25, 0.3) is 5.69 Å². The van der Waals surface area contributed by atoms with E-state index in [1.807, 2.05) is 0 Å². The van der Waals surface area contributed by atoms with Crippen molar-refractivity contribution >= 4 is 21.6 Å². The van der Waals surface area contributed by atoms with Gasteiger partial charge in [0, 0.05) is 6.07 Å². The van der Waals surface area contributed by atoms with Gasteiger partial charge in [-0.25, -0.2) is 0 Å². The summed E-state index contributed by atoms with van der Waals surface area (Å²) in [5, 5.41) is 10.6. The predicted molar refractivity (Wildman–Crippen MR) is 49.3 cm³/mol. The maximum Gasteiger partial charge on any atom is 0.283 e. The molecule has 0 saturated carbocycles. The lowest BCUT2D eigenvalue weighted by Gasteiger charge is -1.98. The number of nitro benzene ring substituents is 1. The van der Waals surface area contributed by atoms with Gasteiger partial charge in [-0.3, -0.25) is 10.1 Å². The molecule has 0 amide bonds. The average molecular weight is 244 g/mol. The Morgan fingerprint density at radius 1 is 1.38 bits per heavy atom. The first-order valence-corrected chi connectivity index (χ1v) is 4.51. The van der Waals surface area contributed by atoms with Crippen molar-refractivity contribution in [3.05, 3.63) is 37.8 Å². The predicted octanol–water partition coefficient (Wildman–Crippen LogP) is 2.39. The van der Waals surface area contributed by atoms with E-state index in [0.29, 0.717) is 17.7 Å². The zero-order valence-corrected chi connectivity index (χ0v) is 8.20. The van der Waals surface area contributed by atoms with E-state index < -0.39 is 4.92 Å². The Bertz CT molecular complexity index is 378. The van der Waals surface area contributed by atoms with Crippen molar-refractivity contribution in [2.75, 3.05) is 0 Å². The number of nitrogens with zero attached hydrogens (tertiary/aromatic N) is 1. The van der Waals surface area contributed by atoms with E-state index in [2.05, 4.69) is 15.9 Å². The van der Waals surface area contributed by atoms with Crippen LogP contribution in [0, 0.1) is 10.1 Å². The van der Waals surface area contributed by atoms with Crippen LogP contribution in [0.3, 0.4) is 0 Å².